The fourth-order valence-electron chi connectivity index (χ4n) is 4.16. The lowest BCUT2D eigenvalue weighted by Crippen LogP contribution is -2.30. The molecule has 2 aromatic rings. The smallest absolute Gasteiger partial charge is 0.154 e. The zero-order valence-electron chi connectivity index (χ0n) is 23.3. The van der Waals surface area contributed by atoms with Crippen LogP contribution in [0.5, 0.6) is 0 Å². The Labute approximate surface area is 212 Å². The molecule has 0 saturated heterocycles. The molecule has 6 heteroatoms. The summed E-state index contributed by atoms with van der Waals surface area (Å²) < 4.78 is 1.72. The topological polar surface area (TPSA) is 85.1 Å². The summed E-state index contributed by atoms with van der Waals surface area (Å²) in [5.74, 6) is 0.976. The minimum atomic E-state index is -0.307. The fourth-order valence-corrected chi connectivity index (χ4v) is 4.16. The molecule has 1 N–H and O–H groups in total. The van der Waals surface area contributed by atoms with Gasteiger partial charge in [-0.25, -0.2) is 4.68 Å². The summed E-state index contributed by atoms with van der Waals surface area (Å²) in [6.07, 6.45) is 6.83. The zero-order valence-corrected chi connectivity index (χ0v) is 23.3. The van der Waals surface area contributed by atoms with Crippen LogP contribution in [0, 0.1) is 11.3 Å². The number of benzene rings is 1. The summed E-state index contributed by atoms with van der Waals surface area (Å²) in [5.41, 5.74) is 3.12. The molecular formula is C29H47N3O3. The van der Waals surface area contributed by atoms with E-state index < -0.39 is 0 Å². The molecule has 3 atom stereocenters. The highest BCUT2D eigenvalue weighted by Gasteiger charge is 2.31. The van der Waals surface area contributed by atoms with Gasteiger partial charge in [0.2, 0.25) is 0 Å². The zero-order chi connectivity index (χ0) is 26.8. The number of hydrogen-bond donors (Lipinski definition) is 1. The SMILES string of the molecule is CC.CC(=O)[C@@H](n1cc(-c2cccc(C3CCC3)c2)nn1)C(C)(C)C.CCC(O)C[C@H](C)C(C)=O. The molecule has 196 valence electrons. The average Bonchev–Trinajstić information content (AvgIpc) is 3.22. The van der Waals surface area contributed by atoms with Crippen LogP contribution in [0.1, 0.15) is 112 Å². The van der Waals surface area contributed by atoms with E-state index in [-0.39, 0.29) is 35.0 Å². The van der Waals surface area contributed by atoms with Crippen molar-refractivity contribution in [2.24, 2.45) is 11.3 Å². The highest BCUT2D eigenvalue weighted by Crippen LogP contribution is 2.37. The van der Waals surface area contributed by atoms with Gasteiger partial charge in [0.25, 0.3) is 0 Å². The Morgan fingerprint density at radius 3 is 2.23 bits per heavy atom. The van der Waals surface area contributed by atoms with Gasteiger partial charge in [-0.05, 0) is 62.5 Å². The van der Waals surface area contributed by atoms with Gasteiger partial charge in [0.1, 0.15) is 17.5 Å². The van der Waals surface area contributed by atoms with Crippen LogP contribution in [-0.4, -0.2) is 37.8 Å². The predicted octanol–water partition coefficient (Wildman–Crippen LogP) is 6.79. The Hall–Kier alpha value is -2.34. The number of Topliss-reactive ketones (excluding diaryl/α,β-unsaturated/α-hetero) is 2. The summed E-state index contributed by atoms with van der Waals surface area (Å²) in [6, 6.07) is 8.28. The molecular weight excluding hydrogens is 438 g/mol. The van der Waals surface area contributed by atoms with Crippen LogP contribution in [-0.2, 0) is 9.59 Å². The van der Waals surface area contributed by atoms with E-state index in [1.165, 1.54) is 24.8 Å². The average molecular weight is 486 g/mol. The second kappa shape index (κ2) is 14.3. The molecule has 35 heavy (non-hydrogen) atoms. The molecule has 6 nitrogen and oxygen atoms in total. The van der Waals surface area contributed by atoms with Crippen LogP contribution in [0.2, 0.25) is 0 Å². The molecule has 1 saturated carbocycles. The standard InChI is InChI=1S/C19H25N3O.C8H16O2.C2H6/c1-13(23)18(19(2,3)4)22-12-17(20-21-22)16-10-6-9-15(11-16)14-7-5-8-14;1-4-8(10)5-6(2)7(3)9;1-2/h6,9-12,14,18H,5,7-8H2,1-4H3;6,8,10H,4-5H2,1-3H3;1-2H3/t18-;6-,8?;/m10./s1. The van der Waals surface area contributed by atoms with Crippen LogP contribution in [0.25, 0.3) is 11.3 Å². The number of aliphatic hydroxyl groups excluding tert-OH is 1. The van der Waals surface area contributed by atoms with E-state index in [1.54, 1.807) is 18.5 Å². The van der Waals surface area contributed by atoms with Gasteiger partial charge in [-0.15, -0.1) is 5.10 Å². The van der Waals surface area contributed by atoms with E-state index >= 15 is 0 Å². The van der Waals surface area contributed by atoms with Crippen molar-refractivity contribution in [3.63, 3.8) is 0 Å². The summed E-state index contributed by atoms with van der Waals surface area (Å²) >= 11 is 0. The van der Waals surface area contributed by atoms with Gasteiger partial charge >= 0.3 is 0 Å². The third kappa shape index (κ3) is 9.32. The lowest BCUT2D eigenvalue weighted by molar-refractivity contribution is -0.123. The van der Waals surface area contributed by atoms with Gasteiger partial charge in [-0.2, -0.15) is 0 Å². The fraction of sp³-hybridized carbons (Fsp3) is 0.655. The van der Waals surface area contributed by atoms with E-state index in [1.807, 2.05) is 33.9 Å². The first kappa shape index (κ1) is 30.7. The summed E-state index contributed by atoms with van der Waals surface area (Å²) in [6.45, 7) is 17.1. The maximum atomic E-state index is 12.0. The second-order valence-electron chi connectivity index (χ2n) is 10.5. The molecule has 1 fully saturated rings. The van der Waals surface area contributed by atoms with Crippen LogP contribution in [0.4, 0.5) is 0 Å². The van der Waals surface area contributed by atoms with Crippen molar-refractivity contribution in [2.75, 3.05) is 0 Å². The minimum Gasteiger partial charge on any atom is -0.393 e. The van der Waals surface area contributed by atoms with Crippen molar-refractivity contribution in [3.8, 4) is 11.3 Å². The van der Waals surface area contributed by atoms with E-state index in [0.29, 0.717) is 12.3 Å². The summed E-state index contributed by atoms with van der Waals surface area (Å²) in [4.78, 5) is 22.7. The molecule has 0 radical (unpaired) electrons. The molecule has 0 spiro atoms. The number of ketones is 2. The van der Waals surface area contributed by atoms with Crippen molar-refractivity contribution in [3.05, 3.63) is 36.0 Å². The number of aliphatic hydroxyl groups is 1. The van der Waals surface area contributed by atoms with Crippen molar-refractivity contribution in [2.45, 2.75) is 112 Å². The molecule has 0 bridgehead atoms. The van der Waals surface area contributed by atoms with Crippen molar-refractivity contribution in [1.29, 1.82) is 0 Å². The largest absolute Gasteiger partial charge is 0.393 e. The first-order valence-corrected chi connectivity index (χ1v) is 13.1. The number of nitrogens with zero attached hydrogens (tertiary/aromatic N) is 3. The lowest BCUT2D eigenvalue weighted by atomic mass is 9.79. The Balaban J connectivity index is 0.000000433. The normalized spacial score (nSPS) is 15.9. The number of carbonyl (C=O) groups is 2. The van der Waals surface area contributed by atoms with Crippen LogP contribution < -0.4 is 0 Å². The molecule has 1 aromatic carbocycles. The Morgan fingerprint density at radius 2 is 1.77 bits per heavy atom. The third-order valence-corrected chi connectivity index (χ3v) is 6.53. The molecule has 3 rings (SSSR count). The Bertz CT molecular complexity index is 925. The predicted molar refractivity (Wildman–Crippen MR) is 143 cm³/mol. The second-order valence-corrected chi connectivity index (χ2v) is 10.5. The van der Waals surface area contributed by atoms with Gasteiger partial charge in [0.15, 0.2) is 5.78 Å². The van der Waals surface area contributed by atoms with Gasteiger partial charge in [-0.3, -0.25) is 9.59 Å². The van der Waals surface area contributed by atoms with Crippen molar-refractivity contribution >= 4 is 11.6 Å². The highest BCUT2D eigenvalue weighted by molar-refractivity contribution is 5.80. The van der Waals surface area contributed by atoms with Gasteiger partial charge < -0.3 is 5.11 Å². The first-order valence-electron chi connectivity index (χ1n) is 13.1. The van der Waals surface area contributed by atoms with Crippen LogP contribution in [0.15, 0.2) is 30.5 Å². The number of aromatic nitrogens is 3. The van der Waals surface area contributed by atoms with Gasteiger partial charge in [0.05, 0.1) is 12.3 Å². The van der Waals surface area contributed by atoms with Crippen LogP contribution >= 0.6 is 0 Å². The number of rotatable bonds is 8. The molecule has 0 aliphatic heterocycles. The van der Waals surface area contributed by atoms with Crippen molar-refractivity contribution < 1.29 is 14.7 Å². The summed E-state index contributed by atoms with van der Waals surface area (Å²) in [7, 11) is 0. The van der Waals surface area contributed by atoms with E-state index in [0.717, 1.165) is 17.7 Å². The molecule has 1 aliphatic carbocycles. The van der Waals surface area contributed by atoms with Gasteiger partial charge in [0, 0.05) is 11.5 Å². The maximum absolute atomic E-state index is 12.0. The Kier molecular flexibility index (Phi) is 12.5. The third-order valence-electron chi connectivity index (χ3n) is 6.53. The summed E-state index contributed by atoms with van der Waals surface area (Å²) in [5, 5.41) is 17.7. The monoisotopic (exact) mass is 485 g/mol. The molecule has 1 unspecified atom stereocenters. The van der Waals surface area contributed by atoms with Crippen molar-refractivity contribution in [1.82, 2.24) is 15.0 Å². The molecule has 1 heterocycles. The van der Waals surface area contributed by atoms with Crippen LogP contribution in [0.3, 0.4) is 0 Å². The van der Waals surface area contributed by atoms with E-state index in [9.17, 15) is 9.59 Å². The Morgan fingerprint density at radius 1 is 1.14 bits per heavy atom. The molecule has 1 aromatic heterocycles. The molecule has 0 amide bonds. The number of carbonyl (C=O) groups excluding carboxylic acids is 2. The minimum absolute atomic E-state index is 0.00921. The maximum Gasteiger partial charge on any atom is 0.154 e. The highest BCUT2D eigenvalue weighted by atomic mass is 16.3. The first-order chi connectivity index (χ1) is 16.4. The quantitative estimate of drug-likeness (QED) is 0.445. The number of hydrogen-bond acceptors (Lipinski definition) is 5. The van der Waals surface area contributed by atoms with E-state index in [4.69, 9.17) is 5.11 Å². The lowest BCUT2D eigenvalue weighted by Gasteiger charge is -2.28. The van der Waals surface area contributed by atoms with E-state index in [2.05, 4.69) is 55.3 Å². The molecule has 1 aliphatic rings. The van der Waals surface area contributed by atoms with Gasteiger partial charge in [-0.1, -0.05) is 78.3 Å².